The van der Waals surface area contributed by atoms with Crippen LogP contribution in [0.25, 0.3) is 0 Å². The van der Waals surface area contributed by atoms with E-state index < -0.39 is 0 Å². The molecule has 3 nitrogen and oxygen atoms in total. The van der Waals surface area contributed by atoms with Gasteiger partial charge in [0.15, 0.2) is 0 Å². The van der Waals surface area contributed by atoms with Crippen molar-refractivity contribution >= 4 is 12.1 Å². The van der Waals surface area contributed by atoms with Gasteiger partial charge in [-0.15, -0.1) is 0 Å². The van der Waals surface area contributed by atoms with Crippen LogP contribution in [0.2, 0.25) is 0 Å². The lowest BCUT2D eigenvalue weighted by Gasteiger charge is -2.03. The Morgan fingerprint density at radius 1 is 1.38 bits per heavy atom. The molecule has 1 amide bonds. The average molecular weight is 218 g/mol. The van der Waals surface area contributed by atoms with Gasteiger partial charge in [-0.1, -0.05) is 37.6 Å². The topological polar surface area (TPSA) is 41.5 Å². The molecular weight excluding hydrogens is 200 g/mol. The van der Waals surface area contributed by atoms with Crippen molar-refractivity contribution in [1.29, 1.82) is 0 Å². The summed E-state index contributed by atoms with van der Waals surface area (Å²) in [5.41, 5.74) is 5.87. The van der Waals surface area contributed by atoms with Crippen LogP contribution in [0.3, 0.4) is 0 Å². The summed E-state index contributed by atoms with van der Waals surface area (Å²) in [4.78, 5) is 11.3. The highest BCUT2D eigenvalue weighted by Crippen LogP contribution is 2.07. The number of carbonyl (C=O) groups is 1. The first-order valence-electron chi connectivity index (χ1n) is 5.41. The van der Waals surface area contributed by atoms with Crippen LogP contribution in [-0.2, 0) is 4.79 Å². The summed E-state index contributed by atoms with van der Waals surface area (Å²) in [7, 11) is 0. The molecule has 0 saturated heterocycles. The molecule has 0 unspecified atom stereocenters. The molecule has 0 saturated carbocycles. The summed E-state index contributed by atoms with van der Waals surface area (Å²) in [6, 6.07) is 6.14. The van der Waals surface area contributed by atoms with E-state index in [-0.39, 0.29) is 11.8 Å². The lowest BCUT2D eigenvalue weighted by Crippen LogP contribution is -2.22. The number of nitrogens with one attached hydrogen (secondary N) is 1. The van der Waals surface area contributed by atoms with Gasteiger partial charge in [0.2, 0.25) is 5.91 Å². The van der Waals surface area contributed by atoms with Crippen LogP contribution in [0.15, 0.2) is 23.3 Å². The monoisotopic (exact) mass is 218 g/mol. The van der Waals surface area contributed by atoms with Crippen LogP contribution in [-0.4, -0.2) is 12.1 Å². The van der Waals surface area contributed by atoms with Crippen molar-refractivity contribution in [2.24, 2.45) is 11.0 Å². The van der Waals surface area contributed by atoms with Gasteiger partial charge in [0.25, 0.3) is 0 Å². The largest absolute Gasteiger partial charge is 0.273 e. The zero-order chi connectivity index (χ0) is 12.1. The molecule has 0 aliphatic carbocycles. The molecule has 3 heteroatoms. The normalized spacial score (nSPS) is 11.1. The predicted molar refractivity (Wildman–Crippen MR) is 66.5 cm³/mol. The number of carbonyl (C=O) groups excluding carboxylic acids is 1. The minimum atomic E-state index is -0.0680. The fourth-order valence-corrected chi connectivity index (χ4v) is 1.19. The zero-order valence-corrected chi connectivity index (χ0v) is 10.2. The summed E-state index contributed by atoms with van der Waals surface area (Å²) in [5.74, 6) is -0.114. The summed E-state index contributed by atoms with van der Waals surface area (Å²) >= 11 is 0. The highest BCUT2D eigenvalue weighted by atomic mass is 16.2. The molecule has 0 fully saturated rings. The molecule has 0 bridgehead atoms. The first kappa shape index (κ1) is 12.4. The van der Waals surface area contributed by atoms with Crippen molar-refractivity contribution in [3.05, 3.63) is 34.9 Å². The molecule has 0 radical (unpaired) electrons. The summed E-state index contributed by atoms with van der Waals surface area (Å²) in [5, 5.41) is 3.94. The lowest BCUT2D eigenvalue weighted by atomic mass is 10.1. The van der Waals surface area contributed by atoms with E-state index in [1.807, 2.05) is 39.8 Å². The summed E-state index contributed by atoms with van der Waals surface area (Å²) in [6.45, 7) is 7.72. The maximum Gasteiger partial charge on any atom is 0.242 e. The van der Waals surface area contributed by atoms with Crippen molar-refractivity contribution in [3.8, 4) is 0 Å². The van der Waals surface area contributed by atoms with E-state index in [1.165, 1.54) is 5.56 Å². The summed E-state index contributed by atoms with van der Waals surface area (Å²) < 4.78 is 0. The molecule has 1 aromatic carbocycles. The van der Waals surface area contributed by atoms with E-state index in [1.54, 1.807) is 6.21 Å². The van der Waals surface area contributed by atoms with Crippen LogP contribution in [0, 0.1) is 19.8 Å². The first-order valence-corrected chi connectivity index (χ1v) is 5.41. The third-order valence-corrected chi connectivity index (χ3v) is 2.34. The van der Waals surface area contributed by atoms with Gasteiger partial charge in [-0.05, 0) is 25.0 Å². The molecule has 0 aliphatic heterocycles. The Bertz CT molecular complexity index is 408. The SMILES string of the molecule is Cc1ccc(C)c(/C=N/NC(=O)C(C)C)c1. The first-order chi connectivity index (χ1) is 7.50. The average Bonchev–Trinajstić information content (AvgIpc) is 2.22. The van der Waals surface area contributed by atoms with Crippen molar-refractivity contribution in [3.63, 3.8) is 0 Å². The van der Waals surface area contributed by atoms with Gasteiger partial charge in [-0.3, -0.25) is 4.79 Å². The molecule has 0 atom stereocenters. The van der Waals surface area contributed by atoms with Crippen LogP contribution < -0.4 is 5.43 Å². The Hall–Kier alpha value is -1.64. The fourth-order valence-electron chi connectivity index (χ4n) is 1.19. The van der Waals surface area contributed by atoms with Crippen molar-refractivity contribution in [2.45, 2.75) is 27.7 Å². The third kappa shape index (κ3) is 3.50. The number of rotatable bonds is 3. The molecule has 1 N–H and O–H groups in total. The molecule has 0 aromatic heterocycles. The van der Waals surface area contributed by atoms with E-state index in [0.29, 0.717) is 0 Å². The fraction of sp³-hybridized carbons (Fsp3) is 0.385. The molecule has 86 valence electrons. The van der Waals surface area contributed by atoms with Crippen LogP contribution in [0.4, 0.5) is 0 Å². The van der Waals surface area contributed by atoms with Gasteiger partial charge < -0.3 is 0 Å². The highest BCUT2D eigenvalue weighted by Gasteiger charge is 2.03. The second-order valence-electron chi connectivity index (χ2n) is 4.25. The number of amides is 1. The Morgan fingerprint density at radius 3 is 2.69 bits per heavy atom. The van der Waals surface area contributed by atoms with E-state index >= 15 is 0 Å². The minimum absolute atomic E-state index is 0.0456. The van der Waals surface area contributed by atoms with Crippen LogP contribution in [0.5, 0.6) is 0 Å². The molecule has 0 heterocycles. The number of benzene rings is 1. The molecular formula is C13H18N2O. The smallest absolute Gasteiger partial charge is 0.242 e. The quantitative estimate of drug-likeness (QED) is 0.614. The second kappa shape index (κ2) is 5.45. The molecule has 0 spiro atoms. The van der Waals surface area contributed by atoms with E-state index in [9.17, 15) is 4.79 Å². The Balaban J connectivity index is 2.69. The third-order valence-electron chi connectivity index (χ3n) is 2.34. The van der Waals surface area contributed by atoms with Crippen molar-refractivity contribution in [2.75, 3.05) is 0 Å². The van der Waals surface area contributed by atoms with Crippen LogP contribution >= 0.6 is 0 Å². The van der Waals surface area contributed by atoms with Crippen molar-refractivity contribution in [1.82, 2.24) is 5.43 Å². The summed E-state index contributed by atoms with van der Waals surface area (Å²) in [6.07, 6.45) is 1.68. The zero-order valence-electron chi connectivity index (χ0n) is 10.2. The maximum atomic E-state index is 11.3. The number of hydrogen-bond acceptors (Lipinski definition) is 2. The van der Waals surface area contributed by atoms with Gasteiger partial charge in [-0.2, -0.15) is 5.10 Å². The van der Waals surface area contributed by atoms with Gasteiger partial charge in [0, 0.05) is 5.92 Å². The number of aryl methyl sites for hydroxylation is 2. The lowest BCUT2D eigenvalue weighted by molar-refractivity contribution is -0.123. The molecule has 16 heavy (non-hydrogen) atoms. The molecule has 0 aliphatic rings. The Labute approximate surface area is 96.6 Å². The second-order valence-corrected chi connectivity index (χ2v) is 4.25. The van der Waals surface area contributed by atoms with E-state index in [4.69, 9.17) is 0 Å². The number of hydrogen-bond donors (Lipinski definition) is 1. The minimum Gasteiger partial charge on any atom is -0.273 e. The standard InChI is InChI=1S/C13H18N2O/c1-9(2)13(16)15-14-8-12-7-10(3)5-6-11(12)4/h5-9H,1-4H3,(H,15,16)/b14-8+. The molecule has 1 aromatic rings. The van der Waals surface area contributed by atoms with E-state index in [2.05, 4.69) is 16.6 Å². The van der Waals surface area contributed by atoms with Gasteiger partial charge >= 0.3 is 0 Å². The number of nitrogens with zero attached hydrogens (tertiary/aromatic N) is 1. The van der Waals surface area contributed by atoms with Crippen LogP contribution in [0.1, 0.15) is 30.5 Å². The van der Waals surface area contributed by atoms with E-state index in [0.717, 1.165) is 11.1 Å². The molecule has 1 rings (SSSR count). The maximum absolute atomic E-state index is 11.3. The Morgan fingerprint density at radius 2 is 2.06 bits per heavy atom. The van der Waals surface area contributed by atoms with Gasteiger partial charge in [0.05, 0.1) is 6.21 Å². The van der Waals surface area contributed by atoms with Crippen molar-refractivity contribution < 1.29 is 4.79 Å². The van der Waals surface area contributed by atoms with Gasteiger partial charge in [-0.25, -0.2) is 5.43 Å². The highest BCUT2D eigenvalue weighted by molar-refractivity contribution is 5.84. The van der Waals surface area contributed by atoms with Gasteiger partial charge in [0.1, 0.15) is 0 Å². The Kier molecular flexibility index (Phi) is 4.23. The number of hydrazone groups is 1. The predicted octanol–water partition coefficient (Wildman–Crippen LogP) is 2.41.